The number of anilines is 1. The normalized spacial score (nSPS) is 11.7. The number of hydrogen-bond donors (Lipinski definition) is 1. The first-order valence-electron chi connectivity index (χ1n) is 6.59. The molecule has 0 aliphatic heterocycles. The van der Waals surface area contributed by atoms with E-state index < -0.39 is 11.9 Å². The molecule has 0 saturated heterocycles. The van der Waals surface area contributed by atoms with Crippen LogP contribution in [-0.2, 0) is 12.7 Å². The minimum absolute atomic E-state index is 0.0201. The third-order valence-corrected chi connectivity index (χ3v) is 3.43. The lowest BCUT2D eigenvalue weighted by Crippen LogP contribution is -2.11. The average Bonchev–Trinajstić information content (AvgIpc) is 2.52. The number of nitrogens with one attached hydrogen (secondary N) is 1. The van der Waals surface area contributed by atoms with E-state index in [9.17, 15) is 13.2 Å². The van der Waals surface area contributed by atoms with Crippen LogP contribution in [0.2, 0.25) is 10.4 Å². The van der Waals surface area contributed by atoms with Gasteiger partial charge in [0.1, 0.15) is 16.7 Å². The lowest BCUT2D eigenvalue weighted by atomic mass is 10.2. The summed E-state index contributed by atoms with van der Waals surface area (Å²) in [5, 5.41) is 3.65. The van der Waals surface area contributed by atoms with Gasteiger partial charge in [0, 0.05) is 5.39 Å². The Labute approximate surface area is 143 Å². The van der Waals surface area contributed by atoms with Crippen LogP contribution in [0.3, 0.4) is 0 Å². The van der Waals surface area contributed by atoms with E-state index in [4.69, 9.17) is 23.2 Å². The Morgan fingerprint density at radius 3 is 2.62 bits per heavy atom. The molecule has 0 aromatic carbocycles. The van der Waals surface area contributed by atoms with Crippen molar-refractivity contribution in [3.8, 4) is 0 Å². The number of fused-ring (bicyclic) bond motifs is 1. The number of nitrogens with zero attached hydrogens (tertiary/aromatic N) is 4. The summed E-state index contributed by atoms with van der Waals surface area (Å²) in [7, 11) is 0. The molecule has 0 saturated carbocycles. The summed E-state index contributed by atoms with van der Waals surface area (Å²) in [5.41, 5.74) is -0.300. The van der Waals surface area contributed by atoms with E-state index in [1.54, 1.807) is 0 Å². The molecule has 10 heteroatoms. The smallest absolute Gasteiger partial charge is 0.364 e. The second kappa shape index (κ2) is 6.37. The number of alkyl halides is 3. The van der Waals surface area contributed by atoms with E-state index in [0.717, 1.165) is 6.07 Å². The van der Waals surface area contributed by atoms with Gasteiger partial charge < -0.3 is 5.32 Å². The van der Waals surface area contributed by atoms with Crippen molar-refractivity contribution in [2.75, 3.05) is 5.32 Å². The summed E-state index contributed by atoms with van der Waals surface area (Å²) >= 11 is 11.7. The standard InChI is InChI=1S/C14H8Cl2F3N5/c15-11-4-8-9(6-20-11)23-13(16)24-12(8)21-5-7-2-1-3-10(22-7)14(17,18)19/h1-4,6H,5H2,(H,21,23,24). The Bertz CT molecular complexity index is 901. The number of pyridine rings is 2. The zero-order chi connectivity index (χ0) is 17.3. The Morgan fingerprint density at radius 1 is 1.08 bits per heavy atom. The molecule has 124 valence electrons. The molecule has 1 N–H and O–H groups in total. The summed E-state index contributed by atoms with van der Waals surface area (Å²) in [6.45, 7) is 0.0201. The van der Waals surface area contributed by atoms with Gasteiger partial charge in [-0.25, -0.2) is 19.9 Å². The number of halogens is 5. The largest absolute Gasteiger partial charge is 0.433 e. The fourth-order valence-electron chi connectivity index (χ4n) is 2.02. The topological polar surface area (TPSA) is 63.6 Å². The van der Waals surface area contributed by atoms with Crippen LogP contribution in [0.1, 0.15) is 11.4 Å². The van der Waals surface area contributed by atoms with Crippen LogP contribution in [0.25, 0.3) is 10.9 Å². The Balaban J connectivity index is 1.90. The molecule has 0 spiro atoms. The molecule has 3 heterocycles. The first-order valence-corrected chi connectivity index (χ1v) is 7.34. The highest BCUT2D eigenvalue weighted by atomic mass is 35.5. The van der Waals surface area contributed by atoms with E-state index >= 15 is 0 Å². The summed E-state index contributed by atoms with van der Waals surface area (Å²) in [6, 6.07) is 5.21. The number of hydrogen-bond acceptors (Lipinski definition) is 5. The monoisotopic (exact) mass is 373 g/mol. The fraction of sp³-hybridized carbons (Fsp3) is 0.143. The van der Waals surface area contributed by atoms with Crippen LogP contribution in [0.4, 0.5) is 19.0 Å². The van der Waals surface area contributed by atoms with E-state index in [0.29, 0.717) is 16.7 Å². The summed E-state index contributed by atoms with van der Waals surface area (Å²) < 4.78 is 38.1. The molecular formula is C14H8Cl2F3N5. The van der Waals surface area contributed by atoms with Gasteiger partial charge >= 0.3 is 6.18 Å². The molecule has 3 aromatic rings. The van der Waals surface area contributed by atoms with Gasteiger partial charge in [0.25, 0.3) is 0 Å². The predicted octanol–water partition coefficient (Wildman–Crippen LogP) is 4.36. The molecule has 3 aromatic heterocycles. The van der Waals surface area contributed by atoms with Crippen molar-refractivity contribution in [1.82, 2.24) is 19.9 Å². The second-order valence-electron chi connectivity index (χ2n) is 4.73. The maximum Gasteiger partial charge on any atom is 0.433 e. The minimum atomic E-state index is -4.50. The highest BCUT2D eigenvalue weighted by Crippen LogP contribution is 2.28. The van der Waals surface area contributed by atoms with Gasteiger partial charge in [-0.3, -0.25) is 0 Å². The van der Waals surface area contributed by atoms with Crippen LogP contribution < -0.4 is 5.32 Å². The van der Waals surface area contributed by atoms with E-state index in [1.807, 2.05) is 0 Å². The van der Waals surface area contributed by atoms with Crippen molar-refractivity contribution in [1.29, 1.82) is 0 Å². The van der Waals surface area contributed by atoms with Gasteiger partial charge in [-0.1, -0.05) is 17.7 Å². The summed E-state index contributed by atoms with van der Waals surface area (Å²) in [4.78, 5) is 15.5. The van der Waals surface area contributed by atoms with Gasteiger partial charge in [-0.2, -0.15) is 13.2 Å². The third kappa shape index (κ3) is 3.65. The molecule has 24 heavy (non-hydrogen) atoms. The van der Waals surface area contributed by atoms with Crippen molar-refractivity contribution in [2.24, 2.45) is 0 Å². The first-order chi connectivity index (χ1) is 11.3. The van der Waals surface area contributed by atoms with Crippen LogP contribution >= 0.6 is 23.2 Å². The average molecular weight is 374 g/mol. The summed E-state index contributed by atoms with van der Waals surface area (Å²) in [6.07, 6.45) is -3.07. The van der Waals surface area contributed by atoms with E-state index in [2.05, 4.69) is 25.3 Å². The number of aromatic nitrogens is 4. The van der Waals surface area contributed by atoms with Crippen molar-refractivity contribution in [3.05, 3.63) is 52.3 Å². The minimum Gasteiger partial charge on any atom is -0.364 e. The molecule has 0 fully saturated rings. The van der Waals surface area contributed by atoms with Gasteiger partial charge in [0.2, 0.25) is 5.28 Å². The molecule has 0 unspecified atom stereocenters. The molecule has 3 rings (SSSR count). The van der Waals surface area contributed by atoms with Gasteiger partial charge in [0.05, 0.1) is 24.0 Å². The Hall–Kier alpha value is -2.19. The van der Waals surface area contributed by atoms with Crippen LogP contribution in [0.15, 0.2) is 30.5 Å². The first kappa shape index (κ1) is 16.7. The zero-order valence-electron chi connectivity index (χ0n) is 11.8. The molecule has 0 bridgehead atoms. The Kier molecular flexibility index (Phi) is 4.42. The molecule has 0 atom stereocenters. The van der Waals surface area contributed by atoms with Crippen molar-refractivity contribution in [2.45, 2.75) is 12.7 Å². The third-order valence-electron chi connectivity index (χ3n) is 3.06. The summed E-state index contributed by atoms with van der Waals surface area (Å²) in [5.74, 6) is 0.327. The SMILES string of the molecule is FC(F)(F)c1cccc(CNc2nc(Cl)nc3cnc(Cl)cc23)n1. The van der Waals surface area contributed by atoms with Crippen molar-refractivity contribution >= 4 is 39.9 Å². The predicted molar refractivity (Wildman–Crippen MR) is 83.9 cm³/mol. The van der Waals surface area contributed by atoms with Crippen molar-refractivity contribution < 1.29 is 13.2 Å². The lowest BCUT2D eigenvalue weighted by molar-refractivity contribution is -0.141. The van der Waals surface area contributed by atoms with Crippen LogP contribution in [0.5, 0.6) is 0 Å². The fourth-order valence-corrected chi connectivity index (χ4v) is 2.36. The highest BCUT2D eigenvalue weighted by molar-refractivity contribution is 6.30. The highest BCUT2D eigenvalue weighted by Gasteiger charge is 2.32. The Morgan fingerprint density at radius 2 is 1.88 bits per heavy atom. The lowest BCUT2D eigenvalue weighted by Gasteiger charge is -2.10. The van der Waals surface area contributed by atoms with Gasteiger partial charge in [0.15, 0.2) is 0 Å². The van der Waals surface area contributed by atoms with E-state index in [1.165, 1.54) is 24.4 Å². The molecule has 0 aliphatic rings. The molecule has 0 aliphatic carbocycles. The zero-order valence-corrected chi connectivity index (χ0v) is 13.3. The van der Waals surface area contributed by atoms with E-state index in [-0.39, 0.29) is 22.7 Å². The molecular weight excluding hydrogens is 366 g/mol. The van der Waals surface area contributed by atoms with Gasteiger partial charge in [-0.05, 0) is 29.8 Å². The van der Waals surface area contributed by atoms with Gasteiger partial charge in [-0.15, -0.1) is 0 Å². The second-order valence-corrected chi connectivity index (χ2v) is 5.46. The maximum atomic E-state index is 12.7. The van der Waals surface area contributed by atoms with Crippen molar-refractivity contribution in [3.63, 3.8) is 0 Å². The van der Waals surface area contributed by atoms with Crippen LogP contribution in [0, 0.1) is 0 Å². The molecule has 0 radical (unpaired) electrons. The quantitative estimate of drug-likeness (QED) is 0.545. The molecule has 5 nitrogen and oxygen atoms in total. The maximum absolute atomic E-state index is 12.7. The van der Waals surface area contributed by atoms with Crippen LogP contribution in [-0.4, -0.2) is 19.9 Å². The number of rotatable bonds is 3. The molecule has 0 amide bonds.